The zero-order valence-electron chi connectivity index (χ0n) is 14.8. The molecule has 7 heteroatoms. The van der Waals surface area contributed by atoms with Crippen molar-refractivity contribution < 1.29 is 9.74 Å². The predicted molar refractivity (Wildman–Crippen MR) is 95.1 cm³/mol. The fraction of sp³-hybridized carbons (Fsp3) is 0.667. The van der Waals surface area contributed by atoms with E-state index in [1.54, 1.807) is 0 Å². The van der Waals surface area contributed by atoms with Crippen molar-refractivity contribution in [3.63, 3.8) is 0 Å². The molecule has 0 spiro atoms. The summed E-state index contributed by atoms with van der Waals surface area (Å²) in [4.78, 5) is 7.37. The second-order valence-electron chi connectivity index (χ2n) is 7.55. The van der Waals surface area contributed by atoms with Crippen molar-refractivity contribution in [2.75, 3.05) is 59.5 Å². The van der Waals surface area contributed by atoms with Crippen LogP contribution in [-0.4, -0.2) is 89.6 Å². The second-order valence-corrected chi connectivity index (χ2v) is 7.55. The van der Waals surface area contributed by atoms with Crippen LogP contribution in [0.4, 0.5) is 0 Å². The number of likely N-dealkylation sites (N-methyl/N-ethyl adjacent to an activating group) is 1. The van der Waals surface area contributed by atoms with Crippen LogP contribution >= 0.6 is 0 Å². The highest BCUT2D eigenvalue weighted by atomic mass is 16.6. The van der Waals surface area contributed by atoms with Crippen LogP contribution in [0, 0.1) is 11.8 Å². The monoisotopic (exact) mass is 345 g/mol. The van der Waals surface area contributed by atoms with Gasteiger partial charge in [0.15, 0.2) is 0 Å². The summed E-state index contributed by atoms with van der Waals surface area (Å²) in [5.74, 6) is 0.886. The molecule has 25 heavy (non-hydrogen) atoms. The molecule has 4 rings (SSSR count). The summed E-state index contributed by atoms with van der Waals surface area (Å²) in [6.45, 7) is 8.71. The Labute approximate surface area is 148 Å². The summed E-state index contributed by atoms with van der Waals surface area (Å²) in [7, 11) is 2.19. The molecule has 136 valence electrons. The molecule has 7 nitrogen and oxygen atoms in total. The number of hydrogen-bond acceptors (Lipinski definition) is 7. The first-order valence-corrected chi connectivity index (χ1v) is 9.17. The molecule has 2 atom stereocenters. The molecule has 2 aliphatic rings. The molecule has 2 aliphatic heterocycles. The van der Waals surface area contributed by atoms with E-state index in [2.05, 4.69) is 38.1 Å². The van der Waals surface area contributed by atoms with Crippen LogP contribution < -0.4 is 0 Å². The van der Waals surface area contributed by atoms with Crippen molar-refractivity contribution in [2.45, 2.75) is 6.54 Å². The summed E-state index contributed by atoms with van der Waals surface area (Å²) in [6, 6.07) is 6.02. The lowest BCUT2D eigenvalue weighted by molar-refractivity contribution is 0.116. The molecule has 1 N–H and O–H groups in total. The third-order valence-corrected chi connectivity index (χ3v) is 5.74. The van der Waals surface area contributed by atoms with E-state index in [9.17, 15) is 5.11 Å². The molecule has 0 bridgehead atoms. The zero-order valence-corrected chi connectivity index (χ0v) is 14.8. The normalized spacial score (nSPS) is 26.6. The molecule has 2 saturated heterocycles. The Balaban J connectivity index is 1.40. The third-order valence-electron chi connectivity index (χ3n) is 5.74. The number of piperazine rings is 1. The van der Waals surface area contributed by atoms with E-state index in [4.69, 9.17) is 4.63 Å². The highest BCUT2D eigenvalue weighted by Gasteiger charge is 2.34. The first kappa shape index (κ1) is 16.9. The Kier molecular flexibility index (Phi) is 4.98. The number of likely N-dealkylation sites (tertiary alicyclic amines) is 1. The van der Waals surface area contributed by atoms with Gasteiger partial charge in [0.25, 0.3) is 0 Å². The molecule has 0 radical (unpaired) electrons. The topological polar surface area (TPSA) is 68.9 Å². The van der Waals surface area contributed by atoms with Gasteiger partial charge in [-0.2, -0.15) is 0 Å². The minimum atomic E-state index is 0.268. The molecule has 0 aliphatic carbocycles. The third kappa shape index (κ3) is 3.69. The molecule has 0 amide bonds. The highest BCUT2D eigenvalue weighted by Crippen LogP contribution is 2.27. The van der Waals surface area contributed by atoms with Gasteiger partial charge in [0.1, 0.15) is 11.0 Å². The summed E-state index contributed by atoms with van der Waals surface area (Å²) < 4.78 is 4.87. The van der Waals surface area contributed by atoms with E-state index in [0.717, 1.165) is 69.0 Å². The van der Waals surface area contributed by atoms with Crippen molar-refractivity contribution in [3.05, 3.63) is 23.8 Å². The van der Waals surface area contributed by atoms with Gasteiger partial charge in [-0.25, -0.2) is 4.63 Å². The van der Waals surface area contributed by atoms with Crippen LogP contribution in [0.3, 0.4) is 0 Å². The van der Waals surface area contributed by atoms with E-state index in [1.807, 2.05) is 12.1 Å². The fourth-order valence-corrected chi connectivity index (χ4v) is 4.17. The minimum absolute atomic E-state index is 0.268. The van der Waals surface area contributed by atoms with Crippen LogP contribution in [0.2, 0.25) is 0 Å². The van der Waals surface area contributed by atoms with E-state index in [1.165, 1.54) is 0 Å². The predicted octanol–water partition coefficient (Wildman–Crippen LogP) is 0.511. The number of nitrogens with zero attached hydrogens (tertiary/aromatic N) is 5. The average molecular weight is 345 g/mol. The summed E-state index contributed by atoms with van der Waals surface area (Å²) in [5, 5.41) is 17.8. The molecule has 3 heterocycles. The first-order chi connectivity index (χ1) is 12.2. The van der Waals surface area contributed by atoms with Crippen LogP contribution in [0.5, 0.6) is 0 Å². The molecule has 1 aromatic heterocycles. The fourth-order valence-electron chi connectivity index (χ4n) is 4.17. The van der Waals surface area contributed by atoms with Gasteiger partial charge in [-0.05, 0) is 40.8 Å². The van der Waals surface area contributed by atoms with E-state index in [-0.39, 0.29) is 6.61 Å². The number of benzene rings is 1. The minimum Gasteiger partial charge on any atom is -0.396 e. The Hall–Kier alpha value is -1.54. The molecule has 2 fully saturated rings. The van der Waals surface area contributed by atoms with Crippen LogP contribution in [0.1, 0.15) is 5.56 Å². The maximum absolute atomic E-state index is 9.84. The van der Waals surface area contributed by atoms with Gasteiger partial charge in [0.05, 0.1) is 0 Å². The van der Waals surface area contributed by atoms with Gasteiger partial charge < -0.3 is 14.9 Å². The number of aliphatic hydroxyl groups is 1. The van der Waals surface area contributed by atoms with Crippen molar-refractivity contribution in [2.24, 2.45) is 11.8 Å². The number of hydrogen-bond donors (Lipinski definition) is 1. The Morgan fingerprint density at radius 1 is 1.08 bits per heavy atom. The van der Waals surface area contributed by atoms with Gasteiger partial charge in [0.2, 0.25) is 0 Å². The van der Waals surface area contributed by atoms with Crippen molar-refractivity contribution in [1.29, 1.82) is 0 Å². The first-order valence-electron chi connectivity index (χ1n) is 9.17. The number of fused-ring (bicyclic) bond motifs is 1. The maximum Gasteiger partial charge on any atom is 0.139 e. The Bertz CT molecular complexity index is 698. The van der Waals surface area contributed by atoms with Gasteiger partial charge >= 0.3 is 0 Å². The van der Waals surface area contributed by atoms with E-state index in [0.29, 0.717) is 11.8 Å². The van der Waals surface area contributed by atoms with Crippen LogP contribution in [0.25, 0.3) is 11.0 Å². The van der Waals surface area contributed by atoms with Gasteiger partial charge in [-0.15, -0.1) is 0 Å². The van der Waals surface area contributed by atoms with E-state index < -0.39 is 0 Å². The quantitative estimate of drug-likeness (QED) is 0.847. The molecular formula is C18H27N5O2. The lowest BCUT2D eigenvalue weighted by Gasteiger charge is -2.34. The highest BCUT2D eigenvalue weighted by molar-refractivity contribution is 5.76. The van der Waals surface area contributed by atoms with Gasteiger partial charge in [-0.3, -0.25) is 4.90 Å². The summed E-state index contributed by atoms with van der Waals surface area (Å²) >= 11 is 0. The van der Waals surface area contributed by atoms with Crippen molar-refractivity contribution in [3.8, 4) is 0 Å². The smallest absolute Gasteiger partial charge is 0.139 e. The molecule has 0 saturated carbocycles. The second kappa shape index (κ2) is 7.37. The largest absolute Gasteiger partial charge is 0.396 e. The van der Waals surface area contributed by atoms with Crippen molar-refractivity contribution in [1.82, 2.24) is 25.0 Å². The summed E-state index contributed by atoms with van der Waals surface area (Å²) in [5.41, 5.74) is 2.81. The van der Waals surface area contributed by atoms with Crippen LogP contribution in [-0.2, 0) is 6.54 Å². The number of aliphatic hydroxyl groups excluding tert-OH is 1. The summed E-state index contributed by atoms with van der Waals surface area (Å²) in [6.07, 6.45) is 0. The molecular weight excluding hydrogens is 318 g/mol. The SMILES string of the molecule is CN1CCN(C[C@@H]2CN(Cc3cccc4nonc34)C[C@@H]2CO)CC1. The molecule has 1 aromatic carbocycles. The lowest BCUT2D eigenvalue weighted by atomic mass is 9.96. The average Bonchev–Trinajstić information content (AvgIpc) is 3.24. The Morgan fingerprint density at radius 2 is 1.88 bits per heavy atom. The molecule has 2 aromatic rings. The van der Waals surface area contributed by atoms with Crippen LogP contribution in [0.15, 0.2) is 22.8 Å². The number of aromatic nitrogens is 2. The van der Waals surface area contributed by atoms with Crippen molar-refractivity contribution >= 4 is 11.0 Å². The van der Waals surface area contributed by atoms with E-state index >= 15 is 0 Å². The molecule has 0 unspecified atom stereocenters. The van der Waals surface area contributed by atoms with Gasteiger partial charge in [0, 0.05) is 59.0 Å². The number of rotatable bonds is 5. The standard InChI is InChI=1S/C18H27N5O2/c1-21-5-7-22(8-6-21)10-15-11-23(12-16(15)13-24)9-14-3-2-4-17-18(14)20-25-19-17/h2-4,15-16,24H,5-13H2,1H3/t15-,16-/m1/s1. The lowest BCUT2D eigenvalue weighted by Crippen LogP contribution is -2.47. The van der Waals surface area contributed by atoms with Gasteiger partial charge in [-0.1, -0.05) is 12.1 Å². The zero-order chi connectivity index (χ0) is 17.2. The maximum atomic E-state index is 9.84. The Morgan fingerprint density at radius 3 is 2.68 bits per heavy atom.